The summed E-state index contributed by atoms with van der Waals surface area (Å²) in [5.41, 5.74) is 1.37. The van der Waals surface area contributed by atoms with Gasteiger partial charge in [-0.05, 0) is 48.2 Å². The van der Waals surface area contributed by atoms with E-state index in [1.165, 1.54) is 24.8 Å². The molecule has 16 heavy (non-hydrogen) atoms. The Labute approximate surface area is 102 Å². The molecular formula is C13H21NOS. The van der Waals surface area contributed by atoms with Crippen LogP contribution in [0.1, 0.15) is 37.9 Å². The Bertz CT molecular complexity index is 286. The van der Waals surface area contributed by atoms with Gasteiger partial charge < -0.3 is 10.1 Å². The monoisotopic (exact) mass is 239 g/mol. The number of rotatable bonds is 5. The lowest BCUT2D eigenvalue weighted by Crippen LogP contribution is -2.32. The minimum atomic E-state index is 0.323. The second-order valence-corrected chi connectivity index (χ2v) is 5.23. The van der Waals surface area contributed by atoms with Crippen LogP contribution in [0.25, 0.3) is 0 Å². The topological polar surface area (TPSA) is 21.3 Å². The fourth-order valence-electron chi connectivity index (χ4n) is 2.32. The molecular weight excluding hydrogens is 218 g/mol. The lowest BCUT2D eigenvalue weighted by atomic mass is 9.90. The molecule has 2 unspecified atom stereocenters. The van der Waals surface area contributed by atoms with Crippen LogP contribution < -0.4 is 5.32 Å². The standard InChI is InChI=1S/C13H21NOS/c1-2-6-14-9-11-4-3-7-15-13(11)12-5-8-16-10-12/h5,8,10-11,13-14H,2-4,6-7,9H2,1H3. The molecule has 1 saturated heterocycles. The molecule has 90 valence electrons. The van der Waals surface area contributed by atoms with Crippen molar-refractivity contribution in [1.82, 2.24) is 5.32 Å². The predicted octanol–water partition coefficient (Wildman–Crippen LogP) is 3.22. The zero-order valence-corrected chi connectivity index (χ0v) is 10.8. The number of hydrogen-bond donors (Lipinski definition) is 1. The van der Waals surface area contributed by atoms with Crippen molar-refractivity contribution in [2.24, 2.45) is 5.92 Å². The quantitative estimate of drug-likeness (QED) is 0.797. The maximum absolute atomic E-state index is 5.93. The van der Waals surface area contributed by atoms with Gasteiger partial charge in [0.2, 0.25) is 0 Å². The molecule has 0 amide bonds. The van der Waals surface area contributed by atoms with Crippen LogP contribution in [-0.2, 0) is 4.74 Å². The van der Waals surface area contributed by atoms with Crippen molar-refractivity contribution in [3.8, 4) is 0 Å². The lowest BCUT2D eigenvalue weighted by molar-refractivity contribution is -0.0274. The molecule has 1 aromatic rings. The van der Waals surface area contributed by atoms with E-state index >= 15 is 0 Å². The second kappa shape index (κ2) is 6.38. The zero-order valence-electron chi connectivity index (χ0n) is 9.95. The molecule has 2 nitrogen and oxygen atoms in total. The average Bonchev–Trinajstić information content (AvgIpc) is 2.83. The van der Waals surface area contributed by atoms with E-state index in [9.17, 15) is 0 Å². The minimum absolute atomic E-state index is 0.323. The Kier molecular flexibility index (Phi) is 4.82. The van der Waals surface area contributed by atoms with Crippen LogP contribution >= 0.6 is 11.3 Å². The second-order valence-electron chi connectivity index (χ2n) is 4.45. The molecule has 1 fully saturated rings. The van der Waals surface area contributed by atoms with Gasteiger partial charge in [-0.15, -0.1) is 0 Å². The summed E-state index contributed by atoms with van der Waals surface area (Å²) >= 11 is 1.76. The molecule has 2 rings (SSSR count). The number of ether oxygens (including phenoxy) is 1. The van der Waals surface area contributed by atoms with E-state index in [0.29, 0.717) is 12.0 Å². The highest BCUT2D eigenvalue weighted by Gasteiger charge is 2.27. The fraction of sp³-hybridized carbons (Fsp3) is 0.692. The van der Waals surface area contributed by atoms with E-state index in [-0.39, 0.29) is 0 Å². The van der Waals surface area contributed by atoms with Gasteiger partial charge in [0.15, 0.2) is 0 Å². The normalized spacial score (nSPS) is 25.8. The van der Waals surface area contributed by atoms with Crippen molar-refractivity contribution in [1.29, 1.82) is 0 Å². The number of nitrogens with one attached hydrogen (secondary N) is 1. The summed E-state index contributed by atoms with van der Waals surface area (Å²) in [7, 11) is 0. The highest BCUT2D eigenvalue weighted by atomic mass is 32.1. The first-order valence-electron chi connectivity index (χ1n) is 6.26. The molecule has 1 aliphatic rings. The van der Waals surface area contributed by atoms with Crippen LogP contribution in [0.5, 0.6) is 0 Å². The Morgan fingerprint density at radius 1 is 1.56 bits per heavy atom. The maximum Gasteiger partial charge on any atom is 0.0873 e. The summed E-state index contributed by atoms with van der Waals surface area (Å²) in [4.78, 5) is 0. The van der Waals surface area contributed by atoms with E-state index in [4.69, 9.17) is 4.74 Å². The molecule has 0 aromatic carbocycles. The molecule has 0 aliphatic carbocycles. The first-order chi connectivity index (χ1) is 7.92. The molecule has 0 radical (unpaired) electrons. The summed E-state index contributed by atoms with van der Waals surface area (Å²) in [6, 6.07) is 2.20. The average molecular weight is 239 g/mol. The number of thiophene rings is 1. The van der Waals surface area contributed by atoms with Gasteiger partial charge in [0.1, 0.15) is 0 Å². The summed E-state index contributed by atoms with van der Waals surface area (Å²) in [6.07, 6.45) is 4.02. The van der Waals surface area contributed by atoms with Gasteiger partial charge in [-0.2, -0.15) is 11.3 Å². The third kappa shape index (κ3) is 3.06. The molecule has 0 spiro atoms. The first-order valence-corrected chi connectivity index (χ1v) is 7.20. The van der Waals surface area contributed by atoms with Crippen molar-refractivity contribution >= 4 is 11.3 Å². The van der Waals surface area contributed by atoms with Crippen LogP contribution in [0.3, 0.4) is 0 Å². The van der Waals surface area contributed by atoms with Gasteiger partial charge >= 0.3 is 0 Å². The van der Waals surface area contributed by atoms with E-state index in [2.05, 4.69) is 29.1 Å². The molecule has 1 aromatic heterocycles. The van der Waals surface area contributed by atoms with Gasteiger partial charge in [0.05, 0.1) is 6.10 Å². The molecule has 0 saturated carbocycles. The zero-order chi connectivity index (χ0) is 11.2. The van der Waals surface area contributed by atoms with Crippen molar-refractivity contribution in [3.63, 3.8) is 0 Å². The third-order valence-electron chi connectivity index (χ3n) is 3.15. The highest BCUT2D eigenvalue weighted by molar-refractivity contribution is 7.07. The molecule has 2 atom stereocenters. The summed E-state index contributed by atoms with van der Waals surface area (Å²) < 4.78 is 5.93. The van der Waals surface area contributed by atoms with Gasteiger partial charge in [-0.25, -0.2) is 0 Å². The third-order valence-corrected chi connectivity index (χ3v) is 3.85. The molecule has 0 bridgehead atoms. The Morgan fingerprint density at radius 3 is 3.25 bits per heavy atom. The summed E-state index contributed by atoms with van der Waals surface area (Å²) in [5, 5.41) is 7.89. The van der Waals surface area contributed by atoms with Gasteiger partial charge in [0, 0.05) is 19.1 Å². The Balaban J connectivity index is 1.92. The predicted molar refractivity (Wildman–Crippen MR) is 68.9 cm³/mol. The van der Waals surface area contributed by atoms with Crippen LogP contribution in [-0.4, -0.2) is 19.7 Å². The maximum atomic E-state index is 5.93. The lowest BCUT2D eigenvalue weighted by Gasteiger charge is -2.31. The van der Waals surface area contributed by atoms with Crippen molar-refractivity contribution < 1.29 is 4.74 Å². The van der Waals surface area contributed by atoms with E-state index in [1.807, 2.05) is 0 Å². The Hall–Kier alpha value is -0.380. The fourth-order valence-corrected chi connectivity index (χ4v) is 3.01. The summed E-state index contributed by atoms with van der Waals surface area (Å²) in [6.45, 7) is 5.34. The highest BCUT2D eigenvalue weighted by Crippen LogP contribution is 2.34. The van der Waals surface area contributed by atoms with Crippen LogP contribution in [0.2, 0.25) is 0 Å². The van der Waals surface area contributed by atoms with Crippen molar-refractivity contribution in [2.75, 3.05) is 19.7 Å². The van der Waals surface area contributed by atoms with Crippen LogP contribution in [0, 0.1) is 5.92 Å². The SMILES string of the molecule is CCCNCC1CCCOC1c1ccsc1. The van der Waals surface area contributed by atoms with Crippen LogP contribution in [0.15, 0.2) is 16.8 Å². The molecule has 3 heteroatoms. The largest absolute Gasteiger partial charge is 0.373 e. The molecule has 1 aliphatic heterocycles. The van der Waals surface area contributed by atoms with Crippen LogP contribution in [0.4, 0.5) is 0 Å². The van der Waals surface area contributed by atoms with E-state index in [1.54, 1.807) is 11.3 Å². The Morgan fingerprint density at radius 2 is 2.50 bits per heavy atom. The van der Waals surface area contributed by atoms with Crippen molar-refractivity contribution in [2.45, 2.75) is 32.3 Å². The summed E-state index contributed by atoms with van der Waals surface area (Å²) in [5.74, 6) is 0.648. The minimum Gasteiger partial charge on any atom is -0.373 e. The number of hydrogen-bond acceptors (Lipinski definition) is 3. The van der Waals surface area contributed by atoms with Gasteiger partial charge in [-0.3, -0.25) is 0 Å². The van der Waals surface area contributed by atoms with E-state index in [0.717, 1.165) is 19.7 Å². The van der Waals surface area contributed by atoms with Gasteiger partial charge in [-0.1, -0.05) is 6.92 Å². The smallest absolute Gasteiger partial charge is 0.0873 e. The molecule has 1 N–H and O–H groups in total. The first kappa shape index (κ1) is 12.1. The van der Waals surface area contributed by atoms with E-state index < -0.39 is 0 Å². The van der Waals surface area contributed by atoms with Gasteiger partial charge in [0.25, 0.3) is 0 Å². The molecule has 2 heterocycles. The van der Waals surface area contributed by atoms with Crippen molar-refractivity contribution in [3.05, 3.63) is 22.4 Å².